The average molecular weight is 422 g/mol. The molecule has 1 N–H and O–H groups in total. The first-order valence-electron chi connectivity index (χ1n) is 8.72. The van der Waals surface area contributed by atoms with Crippen LogP contribution in [0.2, 0.25) is 0 Å². The van der Waals surface area contributed by atoms with Crippen molar-refractivity contribution < 1.29 is 13.2 Å². The number of benzene rings is 1. The molecule has 8 nitrogen and oxygen atoms in total. The topological polar surface area (TPSA) is 97.2 Å². The number of amides is 1. The van der Waals surface area contributed by atoms with Gasteiger partial charge in [-0.25, -0.2) is 13.4 Å². The van der Waals surface area contributed by atoms with Crippen molar-refractivity contribution in [1.29, 1.82) is 0 Å². The van der Waals surface area contributed by atoms with E-state index in [9.17, 15) is 13.2 Å². The van der Waals surface area contributed by atoms with Gasteiger partial charge < -0.3 is 4.90 Å². The van der Waals surface area contributed by atoms with Gasteiger partial charge in [0.25, 0.3) is 0 Å². The van der Waals surface area contributed by atoms with Crippen LogP contribution < -0.4 is 4.72 Å². The molecule has 1 aromatic carbocycles. The van der Waals surface area contributed by atoms with E-state index in [0.29, 0.717) is 17.9 Å². The maximum absolute atomic E-state index is 12.8. The normalized spacial score (nSPS) is 13.0. The minimum absolute atomic E-state index is 0.114. The van der Waals surface area contributed by atoms with Crippen molar-refractivity contribution in [2.75, 3.05) is 7.05 Å². The summed E-state index contributed by atoms with van der Waals surface area (Å²) in [4.78, 5) is 18.8. The number of carbonyl (C=O) groups is 1. The highest BCUT2D eigenvalue weighted by molar-refractivity contribution is 7.89. The van der Waals surface area contributed by atoms with Crippen LogP contribution >= 0.6 is 11.3 Å². The van der Waals surface area contributed by atoms with E-state index in [1.54, 1.807) is 27.9 Å². The Hall–Kier alpha value is -2.30. The lowest BCUT2D eigenvalue weighted by atomic mass is 10.3. The number of thiazole rings is 1. The molecule has 0 aliphatic heterocycles. The number of nitrogens with one attached hydrogen (secondary N) is 1. The lowest BCUT2D eigenvalue weighted by Gasteiger charge is -2.21. The van der Waals surface area contributed by atoms with Crippen molar-refractivity contribution in [2.45, 2.75) is 38.3 Å². The van der Waals surface area contributed by atoms with Crippen molar-refractivity contribution in [3.8, 4) is 0 Å². The van der Waals surface area contributed by atoms with E-state index in [1.807, 2.05) is 24.3 Å². The number of aromatic nitrogens is 3. The molecule has 1 atom stereocenters. The van der Waals surface area contributed by atoms with Crippen LogP contribution in [0.25, 0.3) is 10.2 Å². The minimum Gasteiger partial charge on any atom is -0.338 e. The Morgan fingerprint density at radius 2 is 2.00 bits per heavy atom. The van der Waals surface area contributed by atoms with Gasteiger partial charge in [0.05, 0.1) is 34.2 Å². The second kappa shape index (κ2) is 7.61. The number of likely N-dealkylation sites (N-methyl/N-ethyl adjacent to an activating group) is 1. The number of hydrogen-bond donors (Lipinski definition) is 1. The molecule has 2 aromatic heterocycles. The second-order valence-corrected chi connectivity index (χ2v) is 9.50. The summed E-state index contributed by atoms with van der Waals surface area (Å²) in [7, 11) is -0.545. The summed E-state index contributed by atoms with van der Waals surface area (Å²) in [5.74, 6) is -0.331. The number of fused-ring (bicyclic) bond motifs is 1. The monoisotopic (exact) mass is 421 g/mol. The van der Waals surface area contributed by atoms with Crippen LogP contribution in [-0.4, -0.2) is 47.1 Å². The van der Waals surface area contributed by atoms with Gasteiger partial charge in [0.1, 0.15) is 9.90 Å². The molecule has 28 heavy (non-hydrogen) atoms. The van der Waals surface area contributed by atoms with Gasteiger partial charge in [0.15, 0.2) is 0 Å². The Bertz CT molecular complexity index is 1100. The van der Waals surface area contributed by atoms with E-state index in [0.717, 1.165) is 15.2 Å². The maximum Gasteiger partial charge on any atom is 0.244 e. The third-order valence-electron chi connectivity index (χ3n) is 4.50. The van der Waals surface area contributed by atoms with E-state index in [2.05, 4.69) is 14.8 Å². The molecule has 0 aliphatic rings. The molecule has 0 saturated heterocycles. The summed E-state index contributed by atoms with van der Waals surface area (Å²) in [5.41, 5.74) is 1.81. The van der Waals surface area contributed by atoms with Crippen LogP contribution in [0.4, 0.5) is 0 Å². The molecule has 0 saturated carbocycles. The smallest absolute Gasteiger partial charge is 0.244 e. The molecule has 0 fully saturated rings. The third-order valence-corrected chi connectivity index (χ3v) is 7.31. The van der Waals surface area contributed by atoms with Gasteiger partial charge in [-0.2, -0.15) is 9.82 Å². The van der Waals surface area contributed by atoms with E-state index in [4.69, 9.17) is 0 Å². The predicted molar refractivity (Wildman–Crippen MR) is 109 cm³/mol. The van der Waals surface area contributed by atoms with Crippen molar-refractivity contribution in [3.63, 3.8) is 0 Å². The Kier molecular flexibility index (Phi) is 5.55. The fraction of sp³-hybridized carbons (Fsp3) is 0.389. The zero-order valence-corrected chi connectivity index (χ0v) is 18.1. The molecule has 3 rings (SSSR count). The number of hydrogen-bond acceptors (Lipinski definition) is 6. The Balaban J connectivity index is 1.72. The fourth-order valence-corrected chi connectivity index (χ4v) is 5.74. The van der Waals surface area contributed by atoms with Gasteiger partial charge in [0.2, 0.25) is 15.9 Å². The van der Waals surface area contributed by atoms with Crippen LogP contribution in [0.3, 0.4) is 0 Å². The largest absolute Gasteiger partial charge is 0.338 e. The SMILES string of the molecule is Cc1nn(C)c(C)c1S(=O)(=O)NC(C)C(=O)N(C)Cc1nc2ccccc2s1. The first kappa shape index (κ1) is 20.4. The van der Waals surface area contributed by atoms with Gasteiger partial charge in [-0.15, -0.1) is 11.3 Å². The summed E-state index contributed by atoms with van der Waals surface area (Å²) in [6.45, 7) is 5.17. The minimum atomic E-state index is -3.87. The number of sulfonamides is 1. The number of nitrogens with zero attached hydrogens (tertiary/aromatic N) is 4. The van der Waals surface area contributed by atoms with Gasteiger partial charge in [-0.3, -0.25) is 9.48 Å². The van der Waals surface area contributed by atoms with Crippen LogP contribution in [0, 0.1) is 13.8 Å². The molecule has 0 spiro atoms. The Morgan fingerprint density at radius 3 is 2.61 bits per heavy atom. The van der Waals surface area contributed by atoms with Gasteiger partial charge >= 0.3 is 0 Å². The number of aryl methyl sites for hydroxylation is 2. The summed E-state index contributed by atoms with van der Waals surface area (Å²) in [6, 6.07) is 6.85. The maximum atomic E-state index is 12.8. The third kappa shape index (κ3) is 3.94. The van der Waals surface area contributed by atoms with Crippen molar-refractivity contribution >= 4 is 37.5 Å². The Labute approximate surface area is 168 Å². The molecule has 1 amide bonds. The van der Waals surface area contributed by atoms with E-state index in [-0.39, 0.29) is 10.8 Å². The Morgan fingerprint density at radius 1 is 1.32 bits per heavy atom. The first-order chi connectivity index (χ1) is 13.1. The molecule has 2 heterocycles. The molecule has 3 aromatic rings. The summed E-state index contributed by atoms with van der Waals surface area (Å²) in [5, 5.41) is 4.93. The molecular formula is C18H23N5O3S2. The van der Waals surface area contributed by atoms with Crippen LogP contribution in [0.5, 0.6) is 0 Å². The standard InChI is InChI=1S/C18H23N5O3S2/c1-11-17(13(3)23(5)20-11)28(25,26)21-12(2)18(24)22(4)10-16-19-14-8-6-7-9-15(14)27-16/h6-9,12,21H,10H2,1-5H3. The lowest BCUT2D eigenvalue weighted by molar-refractivity contribution is -0.131. The number of carbonyl (C=O) groups excluding carboxylic acids is 1. The molecule has 150 valence electrons. The zero-order valence-electron chi connectivity index (χ0n) is 16.4. The molecular weight excluding hydrogens is 398 g/mol. The molecule has 1 unspecified atom stereocenters. The highest BCUT2D eigenvalue weighted by Crippen LogP contribution is 2.23. The van der Waals surface area contributed by atoms with Gasteiger partial charge in [-0.05, 0) is 32.9 Å². The second-order valence-electron chi connectivity index (χ2n) is 6.74. The number of para-hydroxylation sites is 1. The van der Waals surface area contributed by atoms with E-state index < -0.39 is 16.1 Å². The fourth-order valence-electron chi connectivity index (χ4n) is 3.08. The molecule has 0 aliphatic carbocycles. The van der Waals surface area contributed by atoms with Crippen molar-refractivity contribution in [3.05, 3.63) is 40.7 Å². The average Bonchev–Trinajstić information content (AvgIpc) is 3.13. The van der Waals surface area contributed by atoms with Crippen LogP contribution in [0.15, 0.2) is 29.2 Å². The molecule has 0 bridgehead atoms. The van der Waals surface area contributed by atoms with E-state index >= 15 is 0 Å². The zero-order chi connectivity index (χ0) is 20.6. The van der Waals surface area contributed by atoms with E-state index in [1.165, 1.54) is 27.8 Å². The summed E-state index contributed by atoms with van der Waals surface area (Å²) < 4.78 is 30.5. The molecule has 0 radical (unpaired) electrons. The first-order valence-corrected chi connectivity index (χ1v) is 11.0. The van der Waals surface area contributed by atoms with Gasteiger partial charge in [-0.1, -0.05) is 12.1 Å². The predicted octanol–water partition coefficient (Wildman–Crippen LogP) is 1.97. The summed E-state index contributed by atoms with van der Waals surface area (Å²) in [6.07, 6.45) is 0. The summed E-state index contributed by atoms with van der Waals surface area (Å²) >= 11 is 1.52. The molecule has 10 heteroatoms. The van der Waals surface area contributed by atoms with Gasteiger partial charge in [0, 0.05) is 14.1 Å². The highest BCUT2D eigenvalue weighted by atomic mass is 32.2. The van der Waals surface area contributed by atoms with Crippen LogP contribution in [-0.2, 0) is 28.4 Å². The highest BCUT2D eigenvalue weighted by Gasteiger charge is 2.29. The quantitative estimate of drug-likeness (QED) is 0.656. The lowest BCUT2D eigenvalue weighted by Crippen LogP contribution is -2.45. The van der Waals surface area contributed by atoms with Crippen molar-refractivity contribution in [1.82, 2.24) is 24.4 Å². The van der Waals surface area contributed by atoms with Crippen LogP contribution in [0.1, 0.15) is 23.3 Å². The van der Waals surface area contributed by atoms with Crippen molar-refractivity contribution in [2.24, 2.45) is 7.05 Å². The number of rotatable bonds is 6.